The summed E-state index contributed by atoms with van der Waals surface area (Å²) in [6.45, 7) is 6.54. The van der Waals surface area contributed by atoms with Crippen LogP contribution in [0.1, 0.15) is 43.4 Å². The second kappa shape index (κ2) is 4.85. The van der Waals surface area contributed by atoms with E-state index in [1.807, 2.05) is 0 Å². The van der Waals surface area contributed by atoms with Crippen molar-refractivity contribution >= 4 is 15.9 Å². The van der Waals surface area contributed by atoms with E-state index in [1.165, 1.54) is 0 Å². The molecule has 1 aromatic heterocycles. The number of carbonyl (C=O) groups is 1. The molecular formula is C12H20N4O3S. The lowest BCUT2D eigenvalue weighted by molar-refractivity contribution is 0.0942. The van der Waals surface area contributed by atoms with Crippen molar-refractivity contribution in [1.82, 2.24) is 15.5 Å². The molecule has 0 bridgehead atoms. The van der Waals surface area contributed by atoms with Crippen LogP contribution in [0.5, 0.6) is 0 Å². The molecule has 0 saturated heterocycles. The lowest BCUT2D eigenvalue weighted by atomic mass is 10.1. The van der Waals surface area contributed by atoms with Gasteiger partial charge in [0, 0.05) is 6.54 Å². The predicted molar refractivity (Wildman–Crippen MR) is 73.6 cm³/mol. The fourth-order valence-electron chi connectivity index (χ4n) is 2.29. The molecule has 1 fully saturated rings. The van der Waals surface area contributed by atoms with Crippen LogP contribution in [0.15, 0.2) is 4.90 Å². The van der Waals surface area contributed by atoms with Gasteiger partial charge in [-0.05, 0) is 24.2 Å². The maximum atomic E-state index is 12.1. The molecule has 1 unspecified atom stereocenters. The third-order valence-corrected chi connectivity index (χ3v) is 4.88. The molecule has 0 spiro atoms. The van der Waals surface area contributed by atoms with Gasteiger partial charge in [0.25, 0.3) is 5.91 Å². The van der Waals surface area contributed by atoms with Gasteiger partial charge in [-0.3, -0.25) is 9.89 Å². The zero-order valence-electron chi connectivity index (χ0n) is 11.9. The molecule has 1 saturated carbocycles. The minimum Gasteiger partial charge on any atom is -0.350 e. The SMILES string of the molecule is CCc1[nH]nc(C(=O)NCC2CC2(C)C)c1S(N)(=O)=O. The summed E-state index contributed by atoms with van der Waals surface area (Å²) in [5.41, 5.74) is 0.447. The Bertz CT molecular complexity index is 633. The average Bonchev–Trinajstić information content (AvgIpc) is 2.77. The number of hydrogen-bond acceptors (Lipinski definition) is 4. The van der Waals surface area contributed by atoms with Gasteiger partial charge in [-0.1, -0.05) is 20.8 Å². The summed E-state index contributed by atoms with van der Waals surface area (Å²) in [4.78, 5) is 11.9. The van der Waals surface area contributed by atoms with Gasteiger partial charge in [0.2, 0.25) is 10.0 Å². The minimum atomic E-state index is -3.98. The fourth-order valence-corrected chi connectivity index (χ4v) is 3.23. The highest BCUT2D eigenvalue weighted by Gasteiger charge is 2.45. The molecule has 8 heteroatoms. The number of primary sulfonamides is 1. The summed E-state index contributed by atoms with van der Waals surface area (Å²) < 4.78 is 23.2. The molecule has 0 aromatic carbocycles. The predicted octanol–water partition coefficient (Wildman–Crippen LogP) is 0.395. The van der Waals surface area contributed by atoms with Gasteiger partial charge < -0.3 is 5.32 Å². The Hall–Kier alpha value is -1.41. The summed E-state index contributed by atoms with van der Waals surface area (Å²) in [6, 6.07) is 0. The summed E-state index contributed by atoms with van der Waals surface area (Å²) in [5, 5.41) is 14.2. The van der Waals surface area contributed by atoms with Crippen molar-refractivity contribution in [3.05, 3.63) is 11.4 Å². The Labute approximate surface area is 118 Å². The standard InChI is InChI=1S/C12H20N4O3S/c1-4-8-10(20(13,18)19)9(16-15-8)11(17)14-6-7-5-12(7,2)3/h7H,4-6H2,1-3H3,(H,14,17)(H,15,16)(H2,13,18,19). The van der Waals surface area contributed by atoms with E-state index >= 15 is 0 Å². The van der Waals surface area contributed by atoms with E-state index in [1.54, 1.807) is 6.92 Å². The lowest BCUT2D eigenvalue weighted by Crippen LogP contribution is -2.29. The van der Waals surface area contributed by atoms with Crippen molar-refractivity contribution < 1.29 is 13.2 Å². The molecule has 0 aliphatic heterocycles. The summed E-state index contributed by atoms with van der Waals surface area (Å²) >= 11 is 0. The zero-order chi connectivity index (χ0) is 15.1. The van der Waals surface area contributed by atoms with Crippen molar-refractivity contribution in [2.75, 3.05) is 6.54 Å². The van der Waals surface area contributed by atoms with Crippen molar-refractivity contribution in [2.45, 2.75) is 38.5 Å². The van der Waals surface area contributed by atoms with Crippen LogP contribution in [0.2, 0.25) is 0 Å². The molecule has 4 N–H and O–H groups in total. The molecule has 7 nitrogen and oxygen atoms in total. The van der Waals surface area contributed by atoms with Crippen LogP contribution < -0.4 is 10.5 Å². The number of sulfonamides is 1. The number of rotatable bonds is 5. The average molecular weight is 300 g/mol. The Balaban J connectivity index is 2.16. The van der Waals surface area contributed by atoms with Crippen molar-refractivity contribution in [2.24, 2.45) is 16.5 Å². The first-order chi connectivity index (χ1) is 9.16. The highest BCUT2D eigenvalue weighted by molar-refractivity contribution is 7.89. The van der Waals surface area contributed by atoms with E-state index in [0.717, 1.165) is 6.42 Å². The van der Waals surface area contributed by atoms with Crippen LogP contribution in [0.3, 0.4) is 0 Å². The lowest BCUT2D eigenvalue weighted by Gasteiger charge is -2.06. The van der Waals surface area contributed by atoms with E-state index < -0.39 is 15.9 Å². The Morgan fingerprint density at radius 2 is 2.15 bits per heavy atom. The number of hydrogen-bond donors (Lipinski definition) is 3. The van der Waals surface area contributed by atoms with Gasteiger partial charge in [0.1, 0.15) is 4.90 Å². The Morgan fingerprint density at radius 1 is 1.55 bits per heavy atom. The van der Waals surface area contributed by atoms with E-state index in [4.69, 9.17) is 5.14 Å². The summed E-state index contributed by atoms with van der Waals surface area (Å²) in [6.07, 6.45) is 1.46. The third kappa shape index (κ3) is 2.85. The fraction of sp³-hybridized carbons (Fsp3) is 0.667. The van der Waals surface area contributed by atoms with Gasteiger partial charge in [0.15, 0.2) is 5.69 Å². The molecule has 20 heavy (non-hydrogen) atoms. The first-order valence-corrected chi connectivity index (χ1v) is 8.09. The highest BCUT2D eigenvalue weighted by Crippen LogP contribution is 2.50. The number of aryl methyl sites for hydroxylation is 1. The molecule has 0 radical (unpaired) electrons. The van der Waals surface area contributed by atoms with Crippen molar-refractivity contribution in [3.8, 4) is 0 Å². The van der Waals surface area contributed by atoms with Crippen molar-refractivity contribution in [3.63, 3.8) is 0 Å². The number of nitrogens with zero attached hydrogens (tertiary/aromatic N) is 1. The van der Waals surface area contributed by atoms with Crippen LogP contribution >= 0.6 is 0 Å². The van der Waals surface area contributed by atoms with E-state index in [-0.39, 0.29) is 16.0 Å². The zero-order valence-corrected chi connectivity index (χ0v) is 12.7. The number of nitrogens with one attached hydrogen (secondary N) is 2. The number of nitrogens with two attached hydrogens (primary N) is 1. The smallest absolute Gasteiger partial charge is 0.273 e. The van der Waals surface area contributed by atoms with Crippen LogP contribution in [-0.4, -0.2) is 31.1 Å². The van der Waals surface area contributed by atoms with E-state index in [9.17, 15) is 13.2 Å². The van der Waals surface area contributed by atoms with Gasteiger partial charge in [-0.2, -0.15) is 5.10 Å². The van der Waals surface area contributed by atoms with Gasteiger partial charge in [-0.25, -0.2) is 13.6 Å². The van der Waals surface area contributed by atoms with Crippen LogP contribution in [-0.2, 0) is 16.4 Å². The molecule has 112 valence electrons. The number of H-pyrrole nitrogens is 1. The molecule has 1 aliphatic carbocycles. The molecule has 1 aromatic rings. The Morgan fingerprint density at radius 3 is 2.60 bits per heavy atom. The quantitative estimate of drug-likeness (QED) is 0.729. The number of carbonyl (C=O) groups excluding carboxylic acids is 1. The molecule has 1 heterocycles. The minimum absolute atomic E-state index is 0.150. The Kier molecular flexibility index (Phi) is 3.64. The number of amides is 1. The summed E-state index contributed by atoms with van der Waals surface area (Å²) in [7, 11) is -3.98. The second-order valence-corrected chi connectivity index (χ2v) is 7.38. The van der Waals surface area contributed by atoms with Crippen LogP contribution in [0.25, 0.3) is 0 Å². The molecule has 1 aliphatic rings. The second-order valence-electron chi connectivity index (χ2n) is 5.88. The first kappa shape index (κ1) is 15.0. The summed E-state index contributed by atoms with van der Waals surface area (Å²) in [5.74, 6) is -0.0818. The van der Waals surface area contributed by atoms with E-state index in [2.05, 4.69) is 29.4 Å². The van der Waals surface area contributed by atoms with E-state index in [0.29, 0.717) is 24.6 Å². The van der Waals surface area contributed by atoms with Crippen molar-refractivity contribution in [1.29, 1.82) is 0 Å². The maximum Gasteiger partial charge on any atom is 0.273 e. The third-order valence-electron chi connectivity index (χ3n) is 3.87. The molecule has 1 amide bonds. The molecule has 2 rings (SSSR count). The first-order valence-electron chi connectivity index (χ1n) is 6.55. The highest BCUT2D eigenvalue weighted by atomic mass is 32.2. The number of aromatic nitrogens is 2. The van der Waals surface area contributed by atoms with Gasteiger partial charge >= 0.3 is 0 Å². The molecule has 1 atom stereocenters. The van der Waals surface area contributed by atoms with Gasteiger partial charge in [-0.15, -0.1) is 0 Å². The van der Waals surface area contributed by atoms with Gasteiger partial charge in [0.05, 0.1) is 5.69 Å². The number of aromatic amines is 1. The monoisotopic (exact) mass is 300 g/mol. The normalized spacial score (nSPS) is 20.7. The molecular weight excluding hydrogens is 280 g/mol. The largest absolute Gasteiger partial charge is 0.350 e. The van der Waals surface area contributed by atoms with Crippen LogP contribution in [0, 0.1) is 11.3 Å². The van der Waals surface area contributed by atoms with Crippen LogP contribution in [0.4, 0.5) is 0 Å². The maximum absolute atomic E-state index is 12.1. The topological polar surface area (TPSA) is 118 Å².